The van der Waals surface area contributed by atoms with E-state index in [1.165, 1.54) is 18.4 Å². The van der Waals surface area contributed by atoms with Crippen LogP contribution in [0.5, 0.6) is 0 Å². The van der Waals surface area contributed by atoms with Gasteiger partial charge in [-0.1, -0.05) is 52.6 Å². The van der Waals surface area contributed by atoms with Crippen molar-refractivity contribution in [2.75, 3.05) is 29.2 Å². The number of hydrogen-bond acceptors (Lipinski definition) is 3. The molecule has 1 aliphatic rings. The zero-order valence-corrected chi connectivity index (χ0v) is 19.3. The van der Waals surface area contributed by atoms with E-state index in [1.807, 2.05) is 12.1 Å². The largest absolute Gasteiger partial charge is 0.465 e. The number of esters is 1. The van der Waals surface area contributed by atoms with Crippen LogP contribution in [0.1, 0.15) is 49.0 Å². The molecule has 0 saturated heterocycles. The molecule has 0 aliphatic carbocycles. The highest BCUT2D eigenvalue weighted by Gasteiger charge is 2.40. The highest BCUT2D eigenvalue weighted by atomic mass is 79.9. The van der Waals surface area contributed by atoms with E-state index < -0.39 is 0 Å². The molecular formula is C18H24Br3NO2. The van der Waals surface area contributed by atoms with Gasteiger partial charge in [0.1, 0.15) is 0 Å². The fourth-order valence-corrected chi connectivity index (χ4v) is 5.39. The van der Waals surface area contributed by atoms with Gasteiger partial charge in [0.15, 0.2) is 0 Å². The number of carbonyl (C=O) groups is 1. The summed E-state index contributed by atoms with van der Waals surface area (Å²) in [5.74, 6) is 0.0859. The molecule has 134 valence electrons. The van der Waals surface area contributed by atoms with Crippen LogP contribution in [0.15, 0.2) is 16.6 Å². The average molecular weight is 526 g/mol. The first kappa shape index (κ1) is 20.2. The van der Waals surface area contributed by atoms with E-state index in [2.05, 4.69) is 73.5 Å². The Morgan fingerprint density at radius 1 is 1.29 bits per heavy atom. The number of carbonyl (C=O) groups excluding carboxylic acids is 1. The van der Waals surface area contributed by atoms with Crippen LogP contribution in [-0.4, -0.2) is 36.3 Å². The topological polar surface area (TPSA) is 29.5 Å². The second-order valence-corrected chi connectivity index (χ2v) is 9.68. The van der Waals surface area contributed by atoms with E-state index in [9.17, 15) is 4.79 Å². The number of anilines is 1. The SMILES string of the molecule is COC(=O)c1cc(Br)c2c(c1)C(CCBr)C(CBr)N2CC(C)(C)C. The number of hydrogen-bond donors (Lipinski definition) is 0. The number of methoxy groups -OCH3 is 1. The summed E-state index contributed by atoms with van der Waals surface area (Å²) in [6.07, 6.45) is 1.03. The fourth-order valence-electron chi connectivity index (χ4n) is 3.40. The second kappa shape index (κ2) is 8.09. The number of halogens is 3. The van der Waals surface area contributed by atoms with Gasteiger partial charge < -0.3 is 9.64 Å². The predicted octanol–water partition coefficient (Wildman–Crippen LogP) is 5.73. The highest BCUT2D eigenvalue weighted by Crippen LogP contribution is 2.48. The summed E-state index contributed by atoms with van der Waals surface area (Å²) < 4.78 is 5.88. The lowest BCUT2D eigenvalue weighted by Gasteiger charge is -2.35. The molecule has 0 bridgehead atoms. The Morgan fingerprint density at radius 3 is 2.46 bits per heavy atom. The number of rotatable bonds is 5. The molecule has 1 aromatic carbocycles. The molecule has 1 aliphatic heterocycles. The molecule has 0 spiro atoms. The molecule has 24 heavy (non-hydrogen) atoms. The zero-order chi connectivity index (χ0) is 18.1. The standard InChI is InChI=1S/C18H24Br3NO2/c1-18(2,3)10-22-15(9-20)12(5-6-19)13-7-11(17(23)24-4)8-14(21)16(13)22/h7-8,12,15H,5-6,9-10H2,1-4H3. The van der Waals surface area contributed by atoms with Gasteiger partial charge in [0.25, 0.3) is 0 Å². The number of fused-ring (bicyclic) bond motifs is 1. The molecule has 0 saturated carbocycles. The number of benzene rings is 1. The van der Waals surface area contributed by atoms with Gasteiger partial charge >= 0.3 is 5.97 Å². The van der Waals surface area contributed by atoms with Gasteiger partial charge in [0, 0.05) is 33.6 Å². The molecule has 0 N–H and O–H groups in total. The molecule has 1 aromatic rings. The van der Waals surface area contributed by atoms with E-state index >= 15 is 0 Å². The first-order valence-corrected chi connectivity index (χ1v) is 11.1. The average Bonchev–Trinajstić information content (AvgIpc) is 2.78. The van der Waals surface area contributed by atoms with Crippen molar-refractivity contribution in [3.63, 3.8) is 0 Å². The molecule has 0 radical (unpaired) electrons. The monoisotopic (exact) mass is 523 g/mol. The van der Waals surface area contributed by atoms with Crippen molar-refractivity contribution in [3.05, 3.63) is 27.7 Å². The van der Waals surface area contributed by atoms with E-state index in [1.54, 1.807) is 0 Å². The molecule has 1 heterocycles. The highest BCUT2D eigenvalue weighted by molar-refractivity contribution is 9.10. The molecule has 2 rings (SSSR count). The molecule has 0 aromatic heterocycles. The summed E-state index contributed by atoms with van der Waals surface area (Å²) in [5, 5.41) is 1.83. The molecule has 2 unspecified atom stereocenters. The quantitative estimate of drug-likeness (QED) is 0.363. The maximum atomic E-state index is 12.0. The molecular weight excluding hydrogens is 502 g/mol. The summed E-state index contributed by atoms with van der Waals surface area (Å²) in [4.78, 5) is 14.5. The summed E-state index contributed by atoms with van der Waals surface area (Å²) in [5.41, 5.74) is 3.24. The second-order valence-electron chi connectivity index (χ2n) is 7.38. The van der Waals surface area contributed by atoms with Gasteiger partial charge in [-0.2, -0.15) is 0 Å². The van der Waals surface area contributed by atoms with Crippen molar-refractivity contribution < 1.29 is 9.53 Å². The molecule has 6 heteroatoms. The van der Waals surface area contributed by atoms with Crippen LogP contribution in [0.2, 0.25) is 0 Å². The minimum Gasteiger partial charge on any atom is -0.465 e. The van der Waals surface area contributed by atoms with Gasteiger partial charge in [-0.05, 0) is 45.5 Å². The Morgan fingerprint density at radius 2 is 1.96 bits per heavy atom. The molecule has 0 amide bonds. The Hall–Kier alpha value is -0.0700. The number of nitrogens with zero attached hydrogens (tertiary/aromatic N) is 1. The first-order valence-electron chi connectivity index (χ1n) is 8.03. The lowest BCUT2D eigenvalue weighted by Crippen LogP contribution is -2.41. The van der Waals surface area contributed by atoms with E-state index in [4.69, 9.17) is 4.74 Å². The van der Waals surface area contributed by atoms with Crippen molar-refractivity contribution in [2.45, 2.75) is 39.2 Å². The third-order valence-corrected chi connectivity index (χ3v) is 6.01. The van der Waals surface area contributed by atoms with Gasteiger partial charge in [-0.3, -0.25) is 0 Å². The maximum Gasteiger partial charge on any atom is 0.337 e. The van der Waals surface area contributed by atoms with Crippen LogP contribution < -0.4 is 4.90 Å². The molecule has 2 atom stereocenters. The van der Waals surface area contributed by atoms with Crippen molar-refractivity contribution in [1.82, 2.24) is 0 Å². The maximum absolute atomic E-state index is 12.0. The van der Waals surface area contributed by atoms with Crippen molar-refractivity contribution in [2.24, 2.45) is 5.41 Å². The van der Waals surface area contributed by atoms with Crippen LogP contribution in [0.25, 0.3) is 0 Å². The van der Waals surface area contributed by atoms with Crippen LogP contribution in [0.4, 0.5) is 5.69 Å². The van der Waals surface area contributed by atoms with Crippen LogP contribution in [0, 0.1) is 5.41 Å². The number of alkyl halides is 2. The Balaban J connectivity index is 2.58. The molecule has 0 fully saturated rings. The van der Waals surface area contributed by atoms with E-state index in [0.29, 0.717) is 17.5 Å². The third-order valence-electron chi connectivity index (χ3n) is 4.29. The minimum atomic E-state index is -0.291. The van der Waals surface area contributed by atoms with Gasteiger partial charge in [-0.15, -0.1) is 0 Å². The Bertz CT molecular complexity index is 613. The summed E-state index contributed by atoms with van der Waals surface area (Å²) in [6.45, 7) is 7.73. The summed E-state index contributed by atoms with van der Waals surface area (Å²) in [6, 6.07) is 4.26. The van der Waals surface area contributed by atoms with Crippen LogP contribution in [-0.2, 0) is 4.74 Å². The lowest BCUT2D eigenvalue weighted by atomic mass is 9.91. The van der Waals surface area contributed by atoms with Crippen molar-refractivity contribution >= 4 is 59.4 Å². The number of ether oxygens (including phenoxy) is 1. The van der Waals surface area contributed by atoms with Crippen LogP contribution in [0.3, 0.4) is 0 Å². The zero-order valence-electron chi connectivity index (χ0n) is 14.5. The van der Waals surface area contributed by atoms with Gasteiger partial charge in [-0.25, -0.2) is 4.79 Å². The Kier molecular flexibility index (Phi) is 6.82. The van der Waals surface area contributed by atoms with E-state index in [0.717, 1.165) is 28.1 Å². The van der Waals surface area contributed by atoms with Crippen LogP contribution >= 0.6 is 47.8 Å². The predicted molar refractivity (Wildman–Crippen MR) is 111 cm³/mol. The smallest absolute Gasteiger partial charge is 0.337 e. The van der Waals surface area contributed by atoms with Crippen molar-refractivity contribution in [1.29, 1.82) is 0 Å². The fraction of sp³-hybridized carbons (Fsp3) is 0.611. The van der Waals surface area contributed by atoms with Crippen molar-refractivity contribution in [3.8, 4) is 0 Å². The summed E-state index contributed by atoms with van der Waals surface area (Å²) in [7, 11) is 1.42. The Labute approximate surface area is 169 Å². The lowest BCUT2D eigenvalue weighted by molar-refractivity contribution is 0.0600. The summed E-state index contributed by atoms with van der Waals surface area (Å²) >= 11 is 11.0. The van der Waals surface area contributed by atoms with E-state index in [-0.39, 0.29) is 11.4 Å². The van der Waals surface area contributed by atoms with Gasteiger partial charge in [0.2, 0.25) is 0 Å². The minimum absolute atomic E-state index is 0.182. The first-order chi connectivity index (χ1) is 11.2. The molecule has 3 nitrogen and oxygen atoms in total. The third kappa shape index (κ3) is 4.18. The van der Waals surface area contributed by atoms with Gasteiger partial charge in [0.05, 0.1) is 18.4 Å². The normalized spacial score (nSPS) is 20.2.